The van der Waals surface area contributed by atoms with Gasteiger partial charge in [-0.05, 0) is 31.4 Å². The zero-order valence-electron chi connectivity index (χ0n) is 14.3. The molecule has 2 fully saturated rings. The van der Waals surface area contributed by atoms with E-state index in [1.54, 1.807) is 11.1 Å². The van der Waals surface area contributed by atoms with Crippen molar-refractivity contribution in [3.05, 3.63) is 30.1 Å². The molecule has 0 saturated carbocycles. The zero-order valence-corrected chi connectivity index (χ0v) is 14.3. The normalized spacial score (nSPS) is 23.8. The summed E-state index contributed by atoms with van der Waals surface area (Å²) in [4.78, 5) is 43.2. The van der Waals surface area contributed by atoms with Crippen molar-refractivity contribution >= 4 is 17.7 Å². The van der Waals surface area contributed by atoms with Gasteiger partial charge in [0.15, 0.2) is 0 Å². The second kappa shape index (κ2) is 7.21. The minimum absolute atomic E-state index is 0.124. The van der Waals surface area contributed by atoms with Crippen molar-refractivity contribution in [2.24, 2.45) is 11.1 Å². The van der Waals surface area contributed by atoms with Gasteiger partial charge in [0, 0.05) is 56.3 Å². The zero-order chi connectivity index (χ0) is 17.9. The van der Waals surface area contributed by atoms with E-state index in [0.717, 1.165) is 25.0 Å². The molecular formula is C18H24N4O3. The average molecular weight is 344 g/mol. The van der Waals surface area contributed by atoms with Crippen LogP contribution in [-0.4, -0.2) is 58.7 Å². The van der Waals surface area contributed by atoms with E-state index in [1.165, 1.54) is 0 Å². The Morgan fingerprint density at radius 2 is 2.08 bits per heavy atom. The van der Waals surface area contributed by atoms with Crippen LogP contribution < -0.4 is 5.73 Å². The first-order chi connectivity index (χ1) is 12.0. The minimum atomic E-state index is -0.907. The minimum Gasteiger partial charge on any atom is -0.361 e. The number of rotatable bonds is 3. The molecule has 1 unspecified atom stereocenters. The van der Waals surface area contributed by atoms with Gasteiger partial charge in [-0.3, -0.25) is 19.4 Å². The molecular weight excluding hydrogens is 320 g/mol. The lowest BCUT2D eigenvalue weighted by Gasteiger charge is -2.48. The topological polar surface area (TPSA) is 96.6 Å². The van der Waals surface area contributed by atoms with E-state index in [1.807, 2.05) is 23.1 Å². The van der Waals surface area contributed by atoms with Gasteiger partial charge in [-0.25, -0.2) is 0 Å². The van der Waals surface area contributed by atoms with Gasteiger partial charge in [0.05, 0.1) is 0 Å². The van der Waals surface area contributed by atoms with Crippen molar-refractivity contribution in [3.8, 4) is 0 Å². The van der Waals surface area contributed by atoms with Crippen molar-refractivity contribution in [1.82, 2.24) is 14.8 Å². The molecule has 1 aromatic heterocycles. The number of likely N-dealkylation sites (tertiary alicyclic amines) is 2. The van der Waals surface area contributed by atoms with E-state index in [9.17, 15) is 14.4 Å². The number of piperidine rings is 2. The Kier molecular flexibility index (Phi) is 5.01. The number of hydrogen-bond acceptors (Lipinski definition) is 4. The third-order valence-electron chi connectivity index (χ3n) is 5.27. The predicted octanol–water partition coefficient (Wildman–Crippen LogP) is 0.341. The summed E-state index contributed by atoms with van der Waals surface area (Å²) >= 11 is 0. The number of pyridine rings is 1. The third-order valence-corrected chi connectivity index (χ3v) is 5.27. The molecule has 2 saturated heterocycles. The molecule has 1 aromatic rings. The Hall–Kier alpha value is -2.44. The molecule has 0 aromatic carbocycles. The SMILES string of the molecule is NC(=O)C(=O)N1CCCC2(CCC(=O)N(CCc3ccccn3)C2)C1. The Morgan fingerprint density at radius 1 is 1.24 bits per heavy atom. The van der Waals surface area contributed by atoms with Crippen LogP contribution in [0.25, 0.3) is 0 Å². The molecule has 7 nitrogen and oxygen atoms in total. The Balaban J connectivity index is 1.65. The molecule has 2 aliphatic heterocycles. The molecule has 1 atom stereocenters. The Bertz CT molecular complexity index is 664. The highest BCUT2D eigenvalue weighted by atomic mass is 16.2. The van der Waals surface area contributed by atoms with Crippen LogP contribution in [0.5, 0.6) is 0 Å². The van der Waals surface area contributed by atoms with Crippen LogP contribution in [-0.2, 0) is 20.8 Å². The summed E-state index contributed by atoms with van der Waals surface area (Å²) in [6.45, 7) is 2.32. The van der Waals surface area contributed by atoms with Gasteiger partial charge in [-0.1, -0.05) is 6.07 Å². The molecule has 2 aliphatic rings. The van der Waals surface area contributed by atoms with E-state index < -0.39 is 11.8 Å². The van der Waals surface area contributed by atoms with Gasteiger partial charge in [0.2, 0.25) is 5.91 Å². The summed E-state index contributed by atoms with van der Waals surface area (Å²) in [5.74, 6) is -1.37. The quantitative estimate of drug-likeness (QED) is 0.800. The monoisotopic (exact) mass is 344 g/mol. The standard InChI is InChI=1S/C18H24N4O3/c19-16(24)17(25)22-10-3-7-18(13-22)8-5-15(23)21(12-18)11-6-14-4-1-2-9-20-14/h1-2,4,9H,3,5-8,10-13H2,(H2,19,24). The Morgan fingerprint density at radius 3 is 2.80 bits per heavy atom. The van der Waals surface area contributed by atoms with Crippen molar-refractivity contribution in [3.63, 3.8) is 0 Å². The van der Waals surface area contributed by atoms with E-state index in [0.29, 0.717) is 39.0 Å². The molecule has 3 rings (SSSR count). The number of primary amides is 1. The molecule has 2 N–H and O–H groups in total. The highest BCUT2D eigenvalue weighted by Gasteiger charge is 2.43. The summed E-state index contributed by atoms with van der Waals surface area (Å²) in [7, 11) is 0. The first-order valence-corrected chi connectivity index (χ1v) is 8.75. The molecule has 7 heteroatoms. The fourth-order valence-electron chi connectivity index (χ4n) is 3.97. The molecule has 0 aliphatic carbocycles. The van der Waals surface area contributed by atoms with Crippen LogP contribution in [0.2, 0.25) is 0 Å². The van der Waals surface area contributed by atoms with Crippen molar-refractivity contribution < 1.29 is 14.4 Å². The van der Waals surface area contributed by atoms with Gasteiger partial charge in [0.1, 0.15) is 0 Å². The van der Waals surface area contributed by atoms with Crippen molar-refractivity contribution in [2.75, 3.05) is 26.2 Å². The molecule has 134 valence electrons. The maximum Gasteiger partial charge on any atom is 0.311 e. The van der Waals surface area contributed by atoms with Gasteiger partial charge >= 0.3 is 11.8 Å². The number of nitrogens with zero attached hydrogens (tertiary/aromatic N) is 3. The molecule has 0 radical (unpaired) electrons. The lowest BCUT2D eigenvalue weighted by molar-refractivity contribution is -0.149. The Labute approximate surface area is 147 Å². The smallest absolute Gasteiger partial charge is 0.311 e. The fraction of sp³-hybridized carbons (Fsp3) is 0.556. The predicted molar refractivity (Wildman–Crippen MR) is 91.2 cm³/mol. The van der Waals surface area contributed by atoms with Crippen LogP contribution in [0.1, 0.15) is 31.4 Å². The van der Waals surface area contributed by atoms with Crippen LogP contribution in [0.3, 0.4) is 0 Å². The van der Waals surface area contributed by atoms with Crippen LogP contribution in [0.15, 0.2) is 24.4 Å². The van der Waals surface area contributed by atoms with Gasteiger partial charge in [-0.2, -0.15) is 0 Å². The van der Waals surface area contributed by atoms with E-state index in [4.69, 9.17) is 5.73 Å². The number of hydrogen-bond donors (Lipinski definition) is 1. The summed E-state index contributed by atoms with van der Waals surface area (Å²) in [5.41, 5.74) is 5.98. The van der Waals surface area contributed by atoms with Gasteiger partial charge < -0.3 is 15.5 Å². The summed E-state index contributed by atoms with van der Waals surface area (Å²) in [6, 6.07) is 5.77. The lowest BCUT2D eigenvalue weighted by atomic mass is 9.73. The average Bonchev–Trinajstić information content (AvgIpc) is 2.63. The number of nitrogens with two attached hydrogens (primary N) is 1. The number of aromatic nitrogens is 1. The molecule has 0 bridgehead atoms. The van der Waals surface area contributed by atoms with E-state index in [-0.39, 0.29) is 11.3 Å². The van der Waals surface area contributed by atoms with Gasteiger partial charge in [-0.15, -0.1) is 0 Å². The van der Waals surface area contributed by atoms with Crippen LogP contribution in [0.4, 0.5) is 0 Å². The third kappa shape index (κ3) is 3.97. The first-order valence-electron chi connectivity index (χ1n) is 8.75. The summed E-state index contributed by atoms with van der Waals surface area (Å²) < 4.78 is 0. The van der Waals surface area contributed by atoms with E-state index in [2.05, 4.69) is 4.98 Å². The maximum absolute atomic E-state index is 12.3. The summed E-state index contributed by atoms with van der Waals surface area (Å²) in [6.07, 6.45) is 5.51. The lowest BCUT2D eigenvalue weighted by Crippen LogP contribution is -2.56. The fourth-order valence-corrected chi connectivity index (χ4v) is 3.97. The maximum atomic E-state index is 12.3. The second-order valence-corrected chi connectivity index (χ2v) is 7.08. The molecule has 25 heavy (non-hydrogen) atoms. The molecule has 3 heterocycles. The first kappa shape index (κ1) is 17.4. The second-order valence-electron chi connectivity index (χ2n) is 7.08. The number of carbonyl (C=O) groups excluding carboxylic acids is 3. The summed E-state index contributed by atoms with van der Waals surface area (Å²) in [5, 5.41) is 0. The number of amides is 3. The van der Waals surface area contributed by atoms with Gasteiger partial charge in [0.25, 0.3) is 0 Å². The number of carbonyl (C=O) groups is 3. The highest BCUT2D eigenvalue weighted by Crippen LogP contribution is 2.38. The molecule has 3 amide bonds. The largest absolute Gasteiger partial charge is 0.361 e. The van der Waals surface area contributed by atoms with Crippen LogP contribution in [0, 0.1) is 5.41 Å². The highest BCUT2D eigenvalue weighted by molar-refractivity contribution is 6.34. The van der Waals surface area contributed by atoms with Crippen molar-refractivity contribution in [1.29, 1.82) is 0 Å². The molecule has 1 spiro atoms. The van der Waals surface area contributed by atoms with E-state index >= 15 is 0 Å². The van der Waals surface area contributed by atoms with Crippen molar-refractivity contribution in [2.45, 2.75) is 32.1 Å². The van der Waals surface area contributed by atoms with Crippen LogP contribution >= 0.6 is 0 Å².